The van der Waals surface area contributed by atoms with Gasteiger partial charge in [0.25, 0.3) is 0 Å². The molecule has 0 amide bonds. The van der Waals surface area contributed by atoms with Crippen molar-refractivity contribution < 1.29 is 17.2 Å². The van der Waals surface area contributed by atoms with Crippen LogP contribution in [0.15, 0.2) is 41.3 Å². The summed E-state index contributed by atoms with van der Waals surface area (Å²) in [5.41, 5.74) is 2.29. The first-order valence-corrected chi connectivity index (χ1v) is 11.7. The predicted octanol–water partition coefficient (Wildman–Crippen LogP) is 3.78. The zero-order valence-electron chi connectivity index (χ0n) is 15.9. The second-order valence-corrected chi connectivity index (χ2v) is 10.1. The van der Waals surface area contributed by atoms with Gasteiger partial charge in [0.05, 0.1) is 5.02 Å². The van der Waals surface area contributed by atoms with E-state index in [4.69, 9.17) is 11.6 Å². The number of hydrogen-bond donors (Lipinski definition) is 1. The van der Waals surface area contributed by atoms with Crippen LogP contribution >= 0.6 is 11.6 Å². The van der Waals surface area contributed by atoms with Crippen LogP contribution in [0, 0.1) is 17.6 Å². The van der Waals surface area contributed by atoms with Crippen molar-refractivity contribution in [3.63, 3.8) is 0 Å². The largest absolute Gasteiger partial charge is 0.316 e. The molecule has 1 fully saturated rings. The molecule has 2 atom stereocenters. The highest BCUT2D eigenvalue weighted by Gasteiger charge is 2.42. The summed E-state index contributed by atoms with van der Waals surface area (Å²) in [7, 11) is -4.11. The summed E-state index contributed by atoms with van der Waals surface area (Å²) >= 11 is 5.80. The average molecular weight is 441 g/mol. The maximum absolute atomic E-state index is 14.5. The molecule has 2 heterocycles. The summed E-state index contributed by atoms with van der Waals surface area (Å²) in [4.78, 5) is 1.39. The van der Waals surface area contributed by atoms with Crippen LogP contribution in [0.1, 0.15) is 24.0 Å². The molecule has 2 unspecified atom stereocenters. The van der Waals surface area contributed by atoms with Crippen molar-refractivity contribution in [2.45, 2.75) is 36.1 Å². The van der Waals surface area contributed by atoms with Gasteiger partial charge in [-0.05, 0) is 43.0 Å². The molecule has 0 aliphatic carbocycles. The quantitative estimate of drug-likeness (QED) is 0.580. The molecule has 2 aromatic rings. The molecule has 0 aromatic heterocycles. The zero-order chi connectivity index (χ0) is 20.6. The molecule has 4 rings (SSSR count). The molecule has 0 spiro atoms. The fourth-order valence-electron chi connectivity index (χ4n) is 4.46. The van der Waals surface area contributed by atoms with Crippen LogP contribution < -0.4 is 5.32 Å². The number of nitrogens with zero attached hydrogens (tertiary/aromatic N) is 1. The van der Waals surface area contributed by atoms with E-state index in [2.05, 4.69) is 11.4 Å². The van der Waals surface area contributed by atoms with Crippen molar-refractivity contribution in [3.05, 3.63) is 64.2 Å². The molecule has 0 radical (unpaired) electrons. The van der Waals surface area contributed by atoms with Crippen molar-refractivity contribution >= 4 is 21.4 Å². The lowest BCUT2D eigenvalue weighted by Crippen LogP contribution is -2.52. The topological polar surface area (TPSA) is 49.4 Å². The van der Waals surface area contributed by atoms with Gasteiger partial charge in [-0.25, -0.2) is 17.2 Å². The van der Waals surface area contributed by atoms with Gasteiger partial charge in [0.1, 0.15) is 21.9 Å². The molecule has 0 saturated carbocycles. The molecular weight excluding hydrogens is 418 g/mol. The summed E-state index contributed by atoms with van der Waals surface area (Å²) in [6, 6.07) is 9.42. The van der Waals surface area contributed by atoms with Gasteiger partial charge in [-0.3, -0.25) is 4.90 Å². The van der Waals surface area contributed by atoms with E-state index >= 15 is 0 Å². The third-order valence-electron chi connectivity index (χ3n) is 5.86. The van der Waals surface area contributed by atoms with Crippen LogP contribution in [-0.2, 0) is 22.8 Å². The Morgan fingerprint density at radius 3 is 2.62 bits per heavy atom. The fraction of sp³-hybridized carbons (Fsp3) is 0.429. The standard InChI is InChI=1S/C21H23ClF2N2O2S/c22-17-10-20(19(24)11-18(17)23)29(27,28)21(15-6-3-8-25-12-15)26-9-7-14-4-1-2-5-16(14)13-26/h1-2,4-5,10-11,15,21,25H,3,6-9,12-13H2. The molecule has 4 nitrogen and oxygen atoms in total. The molecule has 29 heavy (non-hydrogen) atoms. The summed E-state index contributed by atoms with van der Waals surface area (Å²) in [6.45, 7) is 2.42. The summed E-state index contributed by atoms with van der Waals surface area (Å²) in [6.07, 6.45) is 2.31. The highest BCUT2D eigenvalue weighted by atomic mass is 35.5. The van der Waals surface area contributed by atoms with Crippen molar-refractivity contribution in [1.29, 1.82) is 0 Å². The molecule has 8 heteroatoms. The zero-order valence-corrected chi connectivity index (χ0v) is 17.4. The smallest absolute Gasteiger partial charge is 0.197 e. The number of halogens is 3. The number of sulfone groups is 1. The molecule has 2 aliphatic heterocycles. The minimum absolute atomic E-state index is 0.192. The lowest BCUT2D eigenvalue weighted by molar-refractivity contribution is 0.161. The van der Waals surface area contributed by atoms with E-state index in [1.165, 1.54) is 5.56 Å². The van der Waals surface area contributed by atoms with Crippen LogP contribution in [0.3, 0.4) is 0 Å². The second kappa shape index (κ2) is 8.30. The van der Waals surface area contributed by atoms with Gasteiger partial charge in [0.15, 0.2) is 9.84 Å². The van der Waals surface area contributed by atoms with Gasteiger partial charge < -0.3 is 5.32 Å². The lowest BCUT2D eigenvalue weighted by Gasteiger charge is -2.40. The molecular formula is C21H23ClF2N2O2S. The summed E-state index contributed by atoms with van der Waals surface area (Å²) in [5.74, 6) is -2.26. The van der Waals surface area contributed by atoms with E-state index in [-0.39, 0.29) is 5.92 Å². The van der Waals surface area contributed by atoms with E-state index in [0.717, 1.165) is 37.4 Å². The Balaban J connectivity index is 1.76. The Labute approximate surface area is 174 Å². The maximum Gasteiger partial charge on any atom is 0.197 e. The monoisotopic (exact) mass is 440 g/mol. The summed E-state index contributed by atoms with van der Waals surface area (Å²) < 4.78 is 55.5. The van der Waals surface area contributed by atoms with Crippen molar-refractivity contribution in [3.8, 4) is 0 Å². The van der Waals surface area contributed by atoms with Crippen LogP contribution in [0.5, 0.6) is 0 Å². The highest BCUT2D eigenvalue weighted by Crippen LogP contribution is 2.34. The van der Waals surface area contributed by atoms with E-state index in [1.54, 1.807) is 0 Å². The third kappa shape index (κ3) is 4.06. The number of hydrogen-bond acceptors (Lipinski definition) is 4. The van der Waals surface area contributed by atoms with Crippen LogP contribution in [0.4, 0.5) is 8.78 Å². The van der Waals surface area contributed by atoms with Gasteiger partial charge in [-0.1, -0.05) is 35.9 Å². The Kier molecular flexibility index (Phi) is 5.93. The van der Waals surface area contributed by atoms with Gasteiger partial charge in [0.2, 0.25) is 0 Å². The number of benzene rings is 2. The van der Waals surface area contributed by atoms with Crippen molar-refractivity contribution in [1.82, 2.24) is 10.2 Å². The van der Waals surface area contributed by atoms with E-state index in [9.17, 15) is 17.2 Å². The molecule has 156 valence electrons. The number of nitrogens with one attached hydrogen (secondary N) is 1. The van der Waals surface area contributed by atoms with Gasteiger partial charge in [-0.2, -0.15) is 0 Å². The SMILES string of the molecule is O=S(=O)(c1cc(Cl)c(F)cc1F)C(C1CCCNC1)N1CCc2ccccc2C1. The highest BCUT2D eigenvalue weighted by molar-refractivity contribution is 7.92. The minimum atomic E-state index is -4.11. The summed E-state index contributed by atoms with van der Waals surface area (Å²) in [5, 5.41) is 1.96. The Hall–Kier alpha value is -1.54. The van der Waals surface area contributed by atoms with E-state index < -0.39 is 36.8 Å². The average Bonchev–Trinajstić information content (AvgIpc) is 2.71. The Morgan fingerprint density at radius 2 is 1.90 bits per heavy atom. The van der Waals surface area contributed by atoms with E-state index in [1.807, 2.05) is 23.1 Å². The maximum atomic E-state index is 14.5. The minimum Gasteiger partial charge on any atom is -0.316 e. The van der Waals surface area contributed by atoms with Crippen molar-refractivity contribution in [2.75, 3.05) is 19.6 Å². The Bertz CT molecular complexity index is 1010. The molecule has 1 saturated heterocycles. The van der Waals surface area contributed by atoms with Crippen LogP contribution in [0.25, 0.3) is 0 Å². The Morgan fingerprint density at radius 1 is 1.14 bits per heavy atom. The van der Waals surface area contributed by atoms with Gasteiger partial charge >= 0.3 is 0 Å². The van der Waals surface area contributed by atoms with Crippen molar-refractivity contribution in [2.24, 2.45) is 5.92 Å². The predicted molar refractivity (Wildman–Crippen MR) is 108 cm³/mol. The molecule has 0 bridgehead atoms. The van der Waals surface area contributed by atoms with Crippen LogP contribution in [0.2, 0.25) is 5.02 Å². The fourth-order valence-corrected chi connectivity index (χ4v) is 6.87. The first kappa shape index (κ1) is 20.7. The third-order valence-corrected chi connectivity index (χ3v) is 8.39. The first-order valence-electron chi connectivity index (χ1n) is 9.78. The van der Waals surface area contributed by atoms with Crippen LogP contribution in [-0.4, -0.2) is 38.3 Å². The molecule has 2 aliphatic rings. The first-order chi connectivity index (χ1) is 13.9. The van der Waals surface area contributed by atoms with Gasteiger partial charge in [0, 0.05) is 31.6 Å². The van der Waals surface area contributed by atoms with E-state index in [0.29, 0.717) is 25.7 Å². The van der Waals surface area contributed by atoms with Gasteiger partial charge in [-0.15, -0.1) is 0 Å². The second-order valence-electron chi connectivity index (χ2n) is 7.73. The normalized spacial score (nSPS) is 21.6. The number of fused-ring (bicyclic) bond motifs is 1. The number of piperidine rings is 1. The number of rotatable bonds is 4. The lowest BCUT2D eigenvalue weighted by atomic mass is 9.95. The molecule has 2 aromatic carbocycles. The molecule has 1 N–H and O–H groups in total.